The summed E-state index contributed by atoms with van der Waals surface area (Å²) in [6, 6.07) is 12.0. The fraction of sp³-hybridized carbons (Fsp3) is 0.381. The Balaban J connectivity index is 1.49. The molecule has 4 nitrogen and oxygen atoms in total. The summed E-state index contributed by atoms with van der Waals surface area (Å²) in [6.45, 7) is 2.13. The molecule has 1 saturated heterocycles. The van der Waals surface area contributed by atoms with Crippen molar-refractivity contribution < 1.29 is 13.6 Å². The van der Waals surface area contributed by atoms with Crippen LogP contribution in [0.1, 0.15) is 30.4 Å². The minimum Gasteiger partial charge on any atom is -0.379 e. The van der Waals surface area contributed by atoms with Crippen LogP contribution in [-0.4, -0.2) is 29.4 Å². The molecule has 0 bridgehead atoms. The number of halogens is 2. The number of carbonyl (C=O) groups is 1. The normalized spacial score (nSPS) is 19.6. The van der Waals surface area contributed by atoms with Gasteiger partial charge in [-0.1, -0.05) is 24.3 Å². The maximum absolute atomic E-state index is 13.9. The largest absolute Gasteiger partial charge is 0.379 e. The van der Waals surface area contributed by atoms with Gasteiger partial charge < -0.3 is 10.6 Å². The molecule has 0 unspecified atom stereocenters. The van der Waals surface area contributed by atoms with Crippen molar-refractivity contribution in [1.82, 2.24) is 10.2 Å². The summed E-state index contributed by atoms with van der Waals surface area (Å²) in [4.78, 5) is 14.4. The number of fused-ring (bicyclic) bond motifs is 1. The molecule has 0 aromatic heterocycles. The van der Waals surface area contributed by atoms with Gasteiger partial charge in [0, 0.05) is 49.4 Å². The van der Waals surface area contributed by atoms with Gasteiger partial charge in [-0.2, -0.15) is 0 Å². The topological polar surface area (TPSA) is 44.4 Å². The third-order valence-electron chi connectivity index (χ3n) is 5.65. The van der Waals surface area contributed by atoms with E-state index in [1.54, 1.807) is 0 Å². The fourth-order valence-corrected chi connectivity index (χ4v) is 4.04. The summed E-state index contributed by atoms with van der Waals surface area (Å²) in [5.41, 5.74) is 1.90. The lowest BCUT2D eigenvalue weighted by molar-refractivity contribution is -0.122. The molecule has 0 atom stereocenters. The van der Waals surface area contributed by atoms with Crippen LogP contribution in [0.2, 0.25) is 0 Å². The number of piperidine rings is 1. The quantitative estimate of drug-likeness (QED) is 0.850. The third-order valence-corrected chi connectivity index (χ3v) is 5.65. The number of nitrogens with one attached hydrogen (secondary N) is 2. The van der Waals surface area contributed by atoms with Gasteiger partial charge in [-0.25, -0.2) is 8.78 Å². The molecule has 27 heavy (non-hydrogen) atoms. The molecule has 6 heteroatoms. The van der Waals surface area contributed by atoms with Crippen LogP contribution < -0.4 is 10.6 Å². The maximum atomic E-state index is 13.9. The van der Waals surface area contributed by atoms with Crippen LogP contribution in [0, 0.1) is 11.6 Å². The van der Waals surface area contributed by atoms with E-state index >= 15 is 0 Å². The van der Waals surface area contributed by atoms with E-state index in [1.165, 1.54) is 18.2 Å². The van der Waals surface area contributed by atoms with Crippen molar-refractivity contribution >= 4 is 11.6 Å². The van der Waals surface area contributed by atoms with Gasteiger partial charge >= 0.3 is 0 Å². The average molecular weight is 371 g/mol. The Bertz CT molecular complexity index is 827. The number of hydrogen-bond donors (Lipinski definition) is 2. The Morgan fingerprint density at radius 3 is 2.44 bits per heavy atom. The molecule has 0 aliphatic carbocycles. The summed E-state index contributed by atoms with van der Waals surface area (Å²) in [6.07, 6.45) is 1.89. The van der Waals surface area contributed by atoms with Crippen LogP contribution in [0.3, 0.4) is 0 Å². The summed E-state index contributed by atoms with van der Waals surface area (Å²) in [5.74, 6) is -0.981. The number of anilines is 1. The second kappa shape index (κ2) is 7.27. The van der Waals surface area contributed by atoms with Gasteiger partial charge in [0.15, 0.2) is 0 Å². The second-order valence-electron chi connectivity index (χ2n) is 7.49. The molecule has 4 rings (SSSR count). The third kappa shape index (κ3) is 3.81. The first-order valence-corrected chi connectivity index (χ1v) is 9.33. The zero-order chi connectivity index (χ0) is 18.9. The highest BCUT2D eigenvalue weighted by molar-refractivity contribution is 5.79. The Labute approximate surface area is 157 Å². The van der Waals surface area contributed by atoms with Gasteiger partial charge in [0.2, 0.25) is 5.91 Å². The van der Waals surface area contributed by atoms with Crippen LogP contribution in [0.15, 0.2) is 42.5 Å². The molecular weight excluding hydrogens is 348 g/mol. The molecule has 2 aliphatic rings. The van der Waals surface area contributed by atoms with Gasteiger partial charge in [0.1, 0.15) is 11.6 Å². The van der Waals surface area contributed by atoms with Crippen molar-refractivity contribution in [3.05, 3.63) is 65.2 Å². The molecule has 0 saturated carbocycles. The van der Waals surface area contributed by atoms with Crippen molar-refractivity contribution in [2.75, 3.05) is 18.4 Å². The molecule has 2 heterocycles. The van der Waals surface area contributed by atoms with Gasteiger partial charge in [-0.3, -0.25) is 9.69 Å². The SMILES string of the molecule is O=C1CC2(CCN(Cc3c(F)cccc3F)CC2)Nc2ccccc2CN1. The Hall–Kier alpha value is -2.47. The summed E-state index contributed by atoms with van der Waals surface area (Å²) in [5, 5.41) is 6.60. The predicted octanol–water partition coefficient (Wildman–Crippen LogP) is 3.43. The zero-order valence-electron chi connectivity index (χ0n) is 15.1. The number of nitrogens with zero attached hydrogens (tertiary/aromatic N) is 1. The molecule has 1 spiro atoms. The van der Waals surface area contributed by atoms with Crippen molar-refractivity contribution in [3.63, 3.8) is 0 Å². The molecule has 2 N–H and O–H groups in total. The summed E-state index contributed by atoms with van der Waals surface area (Å²) < 4.78 is 27.9. The molecule has 2 aromatic carbocycles. The van der Waals surface area contributed by atoms with Crippen LogP contribution >= 0.6 is 0 Å². The minimum atomic E-state index is -0.507. The number of likely N-dealkylation sites (tertiary alicyclic amines) is 1. The van der Waals surface area contributed by atoms with E-state index in [1.807, 2.05) is 24.3 Å². The Morgan fingerprint density at radius 2 is 1.70 bits per heavy atom. The Morgan fingerprint density at radius 1 is 1.00 bits per heavy atom. The summed E-state index contributed by atoms with van der Waals surface area (Å²) >= 11 is 0. The van der Waals surface area contributed by atoms with E-state index in [4.69, 9.17) is 0 Å². The number of rotatable bonds is 2. The number of para-hydroxylation sites is 1. The van der Waals surface area contributed by atoms with E-state index < -0.39 is 11.6 Å². The lowest BCUT2D eigenvalue weighted by atomic mass is 9.82. The lowest BCUT2D eigenvalue weighted by Gasteiger charge is -2.44. The van der Waals surface area contributed by atoms with E-state index in [-0.39, 0.29) is 23.6 Å². The van der Waals surface area contributed by atoms with E-state index in [0.29, 0.717) is 26.1 Å². The van der Waals surface area contributed by atoms with E-state index in [2.05, 4.69) is 15.5 Å². The Kier molecular flexibility index (Phi) is 4.83. The first kappa shape index (κ1) is 17.9. The highest BCUT2D eigenvalue weighted by Gasteiger charge is 2.38. The molecule has 0 radical (unpaired) electrons. The summed E-state index contributed by atoms with van der Waals surface area (Å²) in [7, 11) is 0. The standard InChI is InChI=1S/C21H23F2N3O/c22-17-5-3-6-18(23)16(17)14-26-10-8-21(9-11-26)12-20(27)24-13-15-4-1-2-7-19(15)25-21/h1-7,25H,8-14H2,(H,24,27). The van der Waals surface area contributed by atoms with Gasteiger partial charge in [0.25, 0.3) is 0 Å². The number of benzene rings is 2. The van der Waals surface area contributed by atoms with Crippen molar-refractivity contribution in [3.8, 4) is 0 Å². The highest BCUT2D eigenvalue weighted by atomic mass is 19.1. The first-order chi connectivity index (χ1) is 13.0. The average Bonchev–Trinajstić information content (AvgIpc) is 2.64. The van der Waals surface area contributed by atoms with Crippen LogP contribution in [0.4, 0.5) is 14.5 Å². The highest BCUT2D eigenvalue weighted by Crippen LogP contribution is 2.33. The maximum Gasteiger partial charge on any atom is 0.222 e. The predicted molar refractivity (Wildman–Crippen MR) is 100 cm³/mol. The number of hydrogen-bond acceptors (Lipinski definition) is 3. The van der Waals surface area contributed by atoms with Crippen molar-refractivity contribution in [2.24, 2.45) is 0 Å². The number of carbonyl (C=O) groups excluding carboxylic acids is 1. The second-order valence-corrected chi connectivity index (χ2v) is 7.49. The fourth-order valence-electron chi connectivity index (χ4n) is 4.04. The van der Waals surface area contributed by atoms with E-state index in [0.717, 1.165) is 24.1 Å². The first-order valence-electron chi connectivity index (χ1n) is 9.33. The molecule has 1 amide bonds. The molecule has 142 valence electrons. The molecule has 2 aliphatic heterocycles. The van der Waals surface area contributed by atoms with E-state index in [9.17, 15) is 13.6 Å². The zero-order valence-corrected chi connectivity index (χ0v) is 15.1. The van der Waals surface area contributed by atoms with Crippen LogP contribution in [0.5, 0.6) is 0 Å². The van der Waals surface area contributed by atoms with Gasteiger partial charge in [-0.05, 0) is 36.6 Å². The monoisotopic (exact) mass is 371 g/mol. The van der Waals surface area contributed by atoms with Crippen molar-refractivity contribution in [2.45, 2.75) is 37.9 Å². The molecule has 1 fully saturated rings. The molecule has 2 aromatic rings. The lowest BCUT2D eigenvalue weighted by Crippen LogP contribution is -2.52. The molecular formula is C21H23F2N3O. The van der Waals surface area contributed by atoms with Crippen LogP contribution in [0.25, 0.3) is 0 Å². The minimum absolute atomic E-state index is 0.0330. The van der Waals surface area contributed by atoms with Gasteiger partial charge in [-0.15, -0.1) is 0 Å². The van der Waals surface area contributed by atoms with Crippen molar-refractivity contribution in [1.29, 1.82) is 0 Å². The van der Waals surface area contributed by atoms with Gasteiger partial charge in [0.05, 0.1) is 0 Å². The smallest absolute Gasteiger partial charge is 0.222 e. The number of amides is 1. The van der Waals surface area contributed by atoms with Crippen LogP contribution in [-0.2, 0) is 17.9 Å².